The summed E-state index contributed by atoms with van der Waals surface area (Å²) >= 11 is 5.72. The van der Waals surface area contributed by atoms with E-state index in [-0.39, 0.29) is 5.41 Å². The van der Waals surface area contributed by atoms with Gasteiger partial charge in [0, 0.05) is 0 Å². The number of aromatic amines is 1. The van der Waals surface area contributed by atoms with Crippen LogP contribution in [0.15, 0.2) is 30.3 Å². The zero-order valence-corrected chi connectivity index (χ0v) is 9.54. The summed E-state index contributed by atoms with van der Waals surface area (Å²) < 4.78 is 0. The third kappa shape index (κ3) is 1.43. The van der Waals surface area contributed by atoms with E-state index in [0.29, 0.717) is 5.88 Å². The van der Waals surface area contributed by atoms with Crippen LogP contribution < -0.4 is 0 Å². The molecule has 0 bridgehead atoms. The van der Waals surface area contributed by atoms with Crippen molar-refractivity contribution in [3.63, 3.8) is 0 Å². The fraction of sp³-hybridized carbons (Fsp3) is 0.333. The van der Waals surface area contributed by atoms with Gasteiger partial charge in [0.25, 0.3) is 0 Å². The Morgan fingerprint density at radius 2 is 2.00 bits per heavy atom. The number of aromatic nitrogens is 3. The standard InChI is InChI=1S/C12H12ClN3/c13-8-10-14-11(16-15-10)12(6-7-12)9-4-2-1-3-5-9/h1-5H,6-8H2,(H,14,15,16). The first-order valence-electron chi connectivity index (χ1n) is 5.38. The van der Waals surface area contributed by atoms with Gasteiger partial charge in [-0.25, -0.2) is 4.98 Å². The summed E-state index contributed by atoms with van der Waals surface area (Å²) in [5.74, 6) is 2.02. The molecule has 1 saturated carbocycles. The Morgan fingerprint density at radius 3 is 2.56 bits per heavy atom. The molecule has 0 saturated heterocycles. The Morgan fingerprint density at radius 1 is 1.25 bits per heavy atom. The number of rotatable bonds is 3. The number of halogens is 1. The molecular weight excluding hydrogens is 222 g/mol. The Bertz CT molecular complexity index is 488. The molecule has 0 unspecified atom stereocenters. The van der Waals surface area contributed by atoms with E-state index in [9.17, 15) is 0 Å². The average molecular weight is 234 g/mol. The molecule has 1 aliphatic carbocycles. The van der Waals surface area contributed by atoms with Crippen molar-refractivity contribution < 1.29 is 0 Å². The lowest BCUT2D eigenvalue weighted by Crippen LogP contribution is -2.10. The maximum absolute atomic E-state index is 5.72. The van der Waals surface area contributed by atoms with Crippen molar-refractivity contribution in [1.29, 1.82) is 0 Å². The van der Waals surface area contributed by atoms with Gasteiger partial charge in [0.2, 0.25) is 0 Å². The highest BCUT2D eigenvalue weighted by Crippen LogP contribution is 2.51. The van der Waals surface area contributed by atoms with Crippen LogP contribution in [0.1, 0.15) is 30.1 Å². The molecule has 0 atom stereocenters. The van der Waals surface area contributed by atoms with Crippen LogP contribution in [0.4, 0.5) is 0 Å². The van der Waals surface area contributed by atoms with Crippen LogP contribution >= 0.6 is 11.6 Å². The zero-order chi connectivity index (χ0) is 11.0. The number of alkyl halides is 1. The van der Waals surface area contributed by atoms with Crippen molar-refractivity contribution in [3.8, 4) is 0 Å². The topological polar surface area (TPSA) is 41.6 Å². The lowest BCUT2D eigenvalue weighted by atomic mass is 9.95. The van der Waals surface area contributed by atoms with E-state index in [0.717, 1.165) is 24.5 Å². The molecule has 1 aliphatic rings. The minimum atomic E-state index is 0.0437. The highest BCUT2D eigenvalue weighted by molar-refractivity contribution is 6.16. The number of hydrogen-bond donors (Lipinski definition) is 1. The smallest absolute Gasteiger partial charge is 0.161 e. The maximum atomic E-state index is 5.72. The first kappa shape index (κ1) is 9.85. The second kappa shape index (κ2) is 3.59. The predicted octanol–water partition coefficient (Wildman–Crippen LogP) is 2.62. The van der Waals surface area contributed by atoms with Crippen LogP contribution in [0.2, 0.25) is 0 Å². The van der Waals surface area contributed by atoms with Gasteiger partial charge in [-0.3, -0.25) is 5.10 Å². The van der Waals surface area contributed by atoms with Crippen molar-refractivity contribution in [2.24, 2.45) is 0 Å². The van der Waals surface area contributed by atoms with Crippen LogP contribution in [-0.4, -0.2) is 15.2 Å². The lowest BCUT2D eigenvalue weighted by molar-refractivity contribution is 0.761. The highest BCUT2D eigenvalue weighted by atomic mass is 35.5. The molecule has 1 aromatic carbocycles. The van der Waals surface area contributed by atoms with E-state index in [1.807, 2.05) is 6.07 Å². The molecule has 3 rings (SSSR count). The Balaban J connectivity index is 2.00. The van der Waals surface area contributed by atoms with E-state index in [2.05, 4.69) is 39.4 Å². The van der Waals surface area contributed by atoms with Gasteiger partial charge < -0.3 is 0 Å². The van der Waals surface area contributed by atoms with E-state index >= 15 is 0 Å². The van der Waals surface area contributed by atoms with Gasteiger partial charge in [0.1, 0.15) is 5.82 Å². The van der Waals surface area contributed by atoms with E-state index in [1.54, 1.807) is 0 Å². The fourth-order valence-corrected chi connectivity index (χ4v) is 2.21. The minimum absolute atomic E-state index is 0.0437. The van der Waals surface area contributed by atoms with Crippen LogP contribution in [0.3, 0.4) is 0 Å². The van der Waals surface area contributed by atoms with Crippen LogP contribution in [0.25, 0.3) is 0 Å². The van der Waals surface area contributed by atoms with Crippen molar-refractivity contribution in [3.05, 3.63) is 47.5 Å². The monoisotopic (exact) mass is 233 g/mol. The molecule has 4 heteroatoms. The molecule has 2 aromatic rings. The van der Waals surface area contributed by atoms with Gasteiger partial charge in [0.15, 0.2) is 5.82 Å². The molecule has 1 aromatic heterocycles. The molecule has 82 valence electrons. The number of benzene rings is 1. The second-order valence-corrected chi connectivity index (χ2v) is 4.45. The molecule has 3 nitrogen and oxygen atoms in total. The first-order valence-corrected chi connectivity index (χ1v) is 5.92. The Hall–Kier alpha value is -1.35. The summed E-state index contributed by atoms with van der Waals surface area (Å²) in [6.45, 7) is 0. The first-order chi connectivity index (χ1) is 7.85. The molecule has 0 aliphatic heterocycles. The molecule has 1 fully saturated rings. The van der Waals surface area contributed by atoms with Crippen LogP contribution in [0, 0.1) is 0 Å². The minimum Gasteiger partial charge on any atom is -0.262 e. The molecule has 1 N–H and O–H groups in total. The van der Waals surface area contributed by atoms with Gasteiger partial charge in [-0.2, -0.15) is 5.10 Å². The summed E-state index contributed by atoms with van der Waals surface area (Å²) in [4.78, 5) is 4.44. The molecule has 1 heterocycles. The van der Waals surface area contributed by atoms with Crippen LogP contribution in [0.5, 0.6) is 0 Å². The summed E-state index contributed by atoms with van der Waals surface area (Å²) in [6, 6.07) is 10.4. The molecular formula is C12H12ClN3. The van der Waals surface area contributed by atoms with Gasteiger partial charge in [0.05, 0.1) is 11.3 Å². The third-order valence-corrected chi connectivity index (χ3v) is 3.42. The van der Waals surface area contributed by atoms with Crippen molar-refractivity contribution >= 4 is 11.6 Å². The summed E-state index contributed by atoms with van der Waals surface area (Å²) in [6.07, 6.45) is 2.24. The molecule has 16 heavy (non-hydrogen) atoms. The quantitative estimate of drug-likeness (QED) is 0.828. The van der Waals surface area contributed by atoms with Crippen molar-refractivity contribution in [2.75, 3.05) is 0 Å². The summed E-state index contributed by atoms with van der Waals surface area (Å²) in [7, 11) is 0. The SMILES string of the molecule is ClCc1nc(C2(c3ccccc3)CC2)n[nH]1. The van der Waals surface area contributed by atoms with Gasteiger partial charge in [-0.05, 0) is 18.4 Å². The summed E-state index contributed by atoms with van der Waals surface area (Å²) in [5.41, 5.74) is 1.34. The second-order valence-electron chi connectivity index (χ2n) is 4.19. The van der Waals surface area contributed by atoms with Gasteiger partial charge in [-0.1, -0.05) is 30.3 Å². The lowest BCUT2D eigenvalue weighted by Gasteiger charge is -2.10. The Labute approximate surface area is 98.9 Å². The van der Waals surface area contributed by atoms with Crippen molar-refractivity contribution in [1.82, 2.24) is 15.2 Å². The van der Waals surface area contributed by atoms with E-state index < -0.39 is 0 Å². The fourth-order valence-electron chi connectivity index (χ4n) is 2.09. The predicted molar refractivity (Wildman–Crippen MR) is 62.4 cm³/mol. The van der Waals surface area contributed by atoms with Gasteiger partial charge >= 0.3 is 0 Å². The highest BCUT2D eigenvalue weighted by Gasteiger charge is 2.49. The maximum Gasteiger partial charge on any atom is 0.161 e. The van der Waals surface area contributed by atoms with Crippen LogP contribution in [-0.2, 0) is 11.3 Å². The normalized spacial score (nSPS) is 17.3. The number of H-pyrrole nitrogens is 1. The molecule has 0 amide bonds. The van der Waals surface area contributed by atoms with Crippen molar-refractivity contribution in [2.45, 2.75) is 24.1 Å². The van der Waals surface area contributed by atoms with E-state index in [1.165, 1.54) is 5.56 Å². The molecule has 0 spiro atoms. The zero-order valence-electron chi connectivity index (χ0n) is 8.78. The number of nitrogens with one attached hydrogen (secondary N) is 1. The number of hydrogen-bond acceptors (Lipinski definition) is 2. The van der Waals surface area contributed by atoms with E-state index in [4.69, 9.17) is 11.6 Å². The largest absolute Gasteiger partial charge is 0.262 e. The Kier molecular flexibility index (Phi) is 2.21. The number of nitrogens with zero attached hydrogens (tertiary/aromatic N) is 2. The summed E-state index contributed by atoms with van der Waals surface area (Å²) in [5, 5.41) is 7.16. The van der Waals surface area contributed by atoms with Gasteiger partial charge in [-0.15, -0.1) is 11.6 Å². The average Bonchev–Trinajstić information content (AvgIpc) is 3.02. The molecule has 0 radical (unpaired) electrons. The third-order valence-electron chi connectivity index (χ3n) is 3.16.